The highest BCUT2D eigenvalue weighted by atomic mass is 16.2. The smallest absolute Gasteiger partial charge is 0.242 e. The number of hydrogen-bond acceptors (Lipinski definition) is 6. The number of pyridine rings is 2. The summed E-state index contributed by atoms with van der Waals surface area (Å²) in [5.41, 5.74) is 3.64. The standard InChI is InChI=1S/C23H24N6O2/c30-21-2-1-7-29(21)14-22(31)28-8-5-16(6-9-28)20-4-3-17-10-18(13-26-23(17)27-20)19-11-24-15-25-12-19/h3-4,10-13,15-16H,1-2,5-9,14H2. The van der Waals surface area contributed by atoms with Gasteiger partial charge in [0.1, 0.15) is 6.33 Å². The normalized spacial score (nSPS) is 17.5. The molecule has 2 saturated heterocycles. The van der Waals surface area contributed by atoms with Crippen LogP contribution in [0.15, 0.2) is 43.1 Å². The predicted molar refractivity (Wildman–Crippen MR) is 115 cm³/mol. The van der Waals surface area contributed by atoms with Gasteiger partial charge in [0.15, 0.2) is 5.65 Å². The molecule has 8 heteroatoms. The van der Waals surface area contributed by atoms with Gasteiger partial charge in [-0.05, 0) is 37.5 Å². The number of carbonyl (C=O) groups is 2. The monoisotopic (exact) mass is 416 g/mol. The molecule has 0 N–H and O–H groups in total. The Hall–Kier alpha value is -3.42. The van der Waals surface area contributed by atoms with E-state index in [9.17, 15) is 9.59 Å². The summed E-state index contributed by atoms with van der Waals surface area (Å²) in [5, 5.41) is 0.980. The summed E-state index contributed by atoms with van der Waals surface area (Å²) in [6.07, 6.45) is 10.0. The molecule has 2 aliphatic heterocycles. The van der Waals surface area contributed by atoms with E-state index >= 15 is 0 Å². The first-order valence-corrected chi connectivity index (χ1v) is 10.7. The van der Waals surface area contributed by atoms with Crippen molar-refractivity contribution in [3.05, 3.63) is 48.8 Å². The van der Waals surface area contributed by atoms with E-state index < -0.39 is 0 Å². The van der Waals surface area contributed by atoms with E-state index in [0.29, 0.717) is 32.0 Å². The summed E-state index contributed by atoms with van der Waals surface area (Å²) in [7, 11) is 0. The molecule has 2 amide bonds. The molecule has 5 heterocycles. The number of hydrogen-bond donors (Lipinski definition) is 0. The maximum atomic E-state index is 12.6. The van der Waals surface area contributed by atoms with Gasteiger partial charge in [0, 0.05) is 72.8 Å². The van der Waals surface area contributed by atoms with Gasteiger partial charge in [-0.15, -0.1) is 0 Å². The number of carbonyl (C=O) groups excluding carboxylic acids is 2. The van der Waals surface area contributed by atoms with Crippen molar-refractivity contribution in [2.24, 2.45) is 0 Å². The van der Waals surface area contributed by atoms with Crippen LogP contribution >= 0.6 is 0 Å². The second kappa shape index (κ2) is 8.37. The van der Waals surface area contributed by atoms with Crippen LogP contribution in [0.5, 0.6) is 0 Å². The summed E-state index contributed by atoms with van der Waals surface area (Å²) in [5.74, 6) is 0.462. The van der Waals surface area contributed by atoms with Crippen molar-refractivity contribution < 1.29 is 9.59 Å². The zero-order valence-corrected chi connectivity index (χ0v) is 17.3. The molecule has 0 aromatic carbocycles. The van der Waals surface area contributed by atoms with Gasteiger partial charge in [0.2, 0.25) is 11.8 Å². The van der Waals surface area contributed by atoms with E-state index in [1.165, 1.54) is 6.33 Å². The zero-order valence-electron chi connectivity index (χ0n) is 17.3. The molecule has 0 bridgehead atoms. The van der Waals surface area contributed by atoms with Crippen LogP contribution < -0.4 is 0 Å². The number of amides is 2. The molecule has 2 aliphatic rings. The zero-order chi connectivity index (χ0) is 21.2. The molecule has 0 aliphatic carbocycles. The minimum absolute atomic E-state index is 0.0549. The first-order chi connectivity index (χ1) is 15.2. The molecular formula is C23H24N6O2. The number of piperidine rings is 1. The lowest BCUT2D eigenvalue weighted by atomic mass is 9.92. The summed E-state index contributed by atoms with van der Waals surface area (Å²) in [6, 6.07) is 6.19. The third kappa shape index (κ3) is 4.10. The average Bonchev–Trinajstić information content (AvgIpc) is 3.23. The van der Waals surface area contributed by atoms with Crippen LogP contribution in [0, 0.1) is 0 Å². The minimum Gasteiger partial charge on any atom is -0.341 e. The topological polar surface area (TPSA) is 92.2 Å². The van der Waals surface area contributed by atoms with Crippen molar-refractivity contribution in [2.45, 2.75) is 31.6 Å². The maximum absolute atomic E-state index is 12.6. The lowest BCUT2D eigenvalue weighted by Crippen LogP contribution is -2.44. The summed E-state index contributed by atoms with van der Waals surface area (Å²) in [4.78, 5) is 45.4. The molecule has 5 rings (SSSR count). The number of rotatable bonds is 4. The molecule has 31 heavy (non-hydrogen) atoms. The van der Waals surface area contributed by atoms with Gasteiger partial charge in [-0.1, -0.05) is 0 Å². The Bertz CT molecular complexity index is 1110. The van der Waals surface area contributed by atoms with Gasteiger partial charge in [0.25, 0.3) is 0 Å². The van der Waals surface area contributed by atoms with E-state index in [1.807, 2.05) is 4.90 Å². The fourth-order valence-corrected chi connectivity index (χ4v) is 4.42. The van der Waals surface area contributed by atoms with Crippen LogP contribution in [-0.2, 0) is 9.59 Å². The molecule has 0 radical (unpaired) electrons. The molecule has 8 nitrogen and oxygen atoms in total. The van der Waals surface area contributed by atoms with Crippen LogP contribution in [0.4, 0.5) is 0 Å². The lowest BCUT2D eigenvalue weighted by molar-refractivity contribution is -0.139. The summed E-state index contributed by atoms with van der Waals surface area (Å²) < 4.78 is 0. The van der Waals surface area contributed by atoms with Crippen molar-refractivity contribution in [2.75, 3.05) is 26.2 Å². The Morgan fingerprint density at radius 2 is 1.84 bits per heavy atom. The van der Waals surface area contributed by atoms with Crippen molar-refractivity contribution in [3.8, 4) is 11.1 Å². The summed E-state index contributed by atoms with van der Waals surface area (Å²) in [6.45, 7) is 2.32. The Morgan fingerprint density at radius 3 is 2.58 bits per heavy atom. The van der Waals surface area contributed by atoms with E-state index in [4.69, 9.17) is 4.98 Å². The molecule has 0 spiro atoms. The average molecular weight is 416 g/mol. The van der Waals surface area contributed by atoms with Gasteiger partial charge >= 0.3 is 0 Å². The number of likely N-dealkylation sites (tertiary alicyclic amines) is 2. The third-order valence-electron chi connectivity index (χ3n) is 6.22. The number of nitrogens with zero attached hydrogens (tertiary/aromatic N) is 6. The quantitative estimate of drug-likeness (QED) is 0.649. The predicted octanol–water partition coefficient (Wildman–Crippen LogP) is 2.42. The van der Waals surface area contributed by atoms with Crippen molar-refractivity contribution in [1.29, 1.82) is 0 Å². The van der Waals surface area contributed by atoms with Crippen LogP contribution in [0.2, 0.25) is 0 Å². The van der Waals surface area contributed by atoms with Crippen molar-refractivity contribution in [1.82, 2.24) is 29.7 Å². The molecule has 3 aromatic heterocycles. The Balaban J connectivity index is 1.24. The molecule has 0 unspecified atom stereocenters. The lowest BCUT2D eigenvalue weighted by Gasteiger charge is -2.32. The van der Waals surface area contributed by atoms with E-state index in [2.05, 4.69) is 33.2 Å². The molecule has 2 fully saturated rings. The Kier molecular flexibility index (Phi) is 5.28. The molecule has 158 valence electrons. The summed E-state index contributed by atoms with van der Waals surface area (Å²) >= 11 is 0. The van der Waals surface area contributed by atoms with Crippen molar-refractivity contribution in [3.63, 3.8) is 0 Å². The second-order valence-electron chi connectivity index (χ2n) is 8.21. The van der Waals surface area contributed by atoms with E-state index in [0.717, 1.165) is 47.1 Å². The van der Waals surface area contributed by atoms with Crippen LogP contribution in [-0.4, -0.2) is 67.7 Å². The van der Waals surface area contributed by atoms with Gasteiger partial charge in [-0.25, -0.2) is 19.9 Å². The molecule has 0 saturated carbocycles. The van der Waals surface area contributed by atoms with Crippen molar-refractivity contribution >= 4 is 22.8 Å². The Morgan fingerprint density at radius 1 is 1.03 bits per heavy atom. The van der Waals surface area contributed by atoms with Crippen LogP contribution in [0.1, 0.15) is 37.3 Å². The number of fused-ring (bicyclic) bond motifs is 1. The van der Waals surface area contributed by atoms with Crippen LogP contribution in [0.3, 0.4) is 0 Å². The SMILES string of the molecule is O=C(CN1CCCC1=O)N1CCC(c2ccc3cc(-c4cncnc4)cnc3n2)CC1. The Labute approximate surface area is 180 Å². The molecule has 3 aromatic rings. The highest BCUT2D eigenvalue weighted by Gasteiger charge is 2.28. The first kappa shape index (κ1) is 19.5. The fraction of sp³-hybridized carbons (Fsp3) is 0.391. The highest BCUT2D eigenvalue weighted by molar-refractivity contribution is 5.86. The fourth-order valence-electron chi connectivity index (χ4n) is 4.42. The first-order valence-electron chi connectivity index (χ1n) is 10.7. The van der Waals surface area contributed by atoms with Gasteiger partial charge in [-0.3, -0.25) is 9.59 Å². The molecule has 0 atom stereocenters. The van der Waals surface area contributed by atoms with E-state index in [-0.39, 0.29) is 18.4 Å². The second-order valence-corrected chi connectivity index (χ2v) is 8.21. The van der Waals surface area contributed by atoms with E-state index in [1.54, 1.807) is 23.5 Å². The molecular weight excluding hydrogens is 392 g/mol. The van der Waals surface area contributed by atoms with Gasteiger partial charge in [-0.2, -0.15) is 0 Å². The largest absolute Gasteiger partial charge is 0.341 e. The van der Waals surface area contributed by atoms with Gasteiger partial charge in [0.05, 0.1) is 6.54 Å². The minimum atomic E-state index is 0.0549. The van der Waals surface area contributed by atoms with Crippen LogP contribution in [0.25, 0.3) is 22.2 Å². The maximum Gasteiger partial charge on any atom is 0.242 e. The highest BCUT2D eigenvalue weighted by Crippen LogP contribution is 2.29. The number of aromatic nitrogens is 4. The third-order valence-corrected chi connectivity index (χ3v) is 6.22. The van der Waals surface area contributed by atoms with Gasteiger partial charge < -0.3 is 9.80 Å².